The molecule has 1 amide bonds. The van der Waals surface area contributed by atoms with Crippen LogP contribution in [0.2, 0.25) is 0 Å². The molecule has 152 valence electrons. The van der Waals surface area contributed by atoms with Crippen molar-refractivity contribution in [2.75, 3.05) is 19.6 Å². The number of piperidine rings is 1. The molecule has 1 aromatic heterocycles. The van der Waals surface area contributed by atoms with Gasteiger partial charge in [0.15, 0.2) is 5.69 Å². The SMILES string of the molecule is Cc1c(C(=O)NCC2(c3ccc(F)cc3)CCC2)nnn1C1CCNCC1.Cl. The molecule has 6 nitrogen and oxygen atoms in total. The molecule has 2 fully saturated rings. The van der Waals surface area contributed by atoms with Crippen LogP contribution in [0.3, 0.4) is 0 Å². The summed E-state index contributed by atoms with van der Waals surface area (Å²) in [5.74, 6) is -0.413. The molecule has 2 aromatic rings. The summed E-state index contributed by atoms with van der Waals surface area (Å²) >= 11 is 0. The van der Waals surface area contributed by atoms with Gasteiger partial charge in [0.1, 0.15) is 5.82 Å². The first-order valence-electron chi connectivity index (χ1n) is 9.76. The van der Waals surface area contributed by atoms with Gasteiger partial charge in [-0.3, -0.25) is 4.79 Å². The number of halogens is 2. The zero-order valence-electron chi connectivity index (χ0n) is 16.1. The summed E-state index contributed by atoms with van der Waals surface area (Å²) in [6, 6.07) is 6.95. The van der Waals surface area contributed by atoms with Gasteiger partial charge in [-0.15, -0.1) is 17.5 Å². The Morgan fingerprint density at radius 3 is 2.57 bits per heavy atom. The molecule has 4 rings (SSSR count). The highest BCUT2D eigenvalue weighted by Gasteiger charge is 2.39. The number of nitrogens with zero attached hydrogens (tertiary/aromatic N) is 3. The quantitative estimate of drug-likeness (QED) is 0.799. The second-order valence-corrected chi connectivity index (χ2v) is 7.77. The van der Waals surface area contributed by atoms with Crippen molar-refractivity contribution in [2.24, 2.45) is 0 Å². The van der Waals surface area contributed by atoms with Crippen LogP contribution in [0.5, 0.6) is 0 Å². The summed E-state index contributed by atoms with van der Waals surface area (Å²) in [6.45, 7) is 4.38. The summed E-state index contributed by atoms with van der Waals surface area (Å²) < 4.78 is 15.1. The van der Waals surface area contributed by atoms with Crippen LogP contribution in [0.1, 0.15) is 59.9 Å². The maximum absolute atomic E-state index is 13.2. The van der Waals surface area contributed by atoms with Crippen LogP contribution in [0, 0.1) is 12.7 Å². The molecule has 0 spiro atoms. The normalized spacial score (nSPS) is 18.8. The Bertz CT molecular complexity index is 813. The first-order chi connectivity index (χ1) is 13.1. The number of carbonyl (C=O) groups excluding carboxylic acids is 1. The van der Waals surface area contributed by atoms with E-state index in [0.29, 0.717) is 18.3 Å². The van der Waals surface area contributed by atoms with Crippen LogP contribution in [-0.4, -0.2) is 40.5 Å². The fraction of sp³-hybridized carbons (Fsp3) is 0.550. The summed E-state index contributed by atoms with van der Waals surface area (Å²) in [6.07, 6.45) is 5.12. The minimum absolute atomic E-state index is 0. The molecule has 2 N–H and O–H groups in total. The lowest BCUT2D eigenvalue weighted by Gasteiger charge is -2.42. The minimum atomic E-state index is -0.234. The maximum Gasteiger partial charge on any atom is 0.273 e. The zero-order chi connectivity index (χ0) is 18.9. The van der Waals surface area contributed by atoms with Gasteiger partial charge < -0.3 is 10.6 Å². The second-order valence-electron chi connectivity index (χ2n) is 7.77. The first kappa shape index (κ1) is 20.7. The van der Waals surface area contributed by atoms with Crippen LogP contribution in [0.25, 0.3) is 0 Å². The number of nitrogens with one attached hydrogen (secondary N) is 2. The van der Waals surface area contributed by atoms with Crippen LogP contribution in [-0.2, 0) is 5.41 Å². The highest BCUT2D eigenvalue weighted by Crippen LogP contribution is 2.43. The molecule has 1 aliphatic heterocycles. The zero-order valence-corrected chi connectivity index (χ0v) is 16.9. The number of aromatic nitrogens is 3. The molecule has 1 aliphatic carbocycles. The number of rotatable bonds is 5. The molecule has 0 radical (unpaired) electrons. The maximum atomic E-state index is 13.2. The average Bonchev–Trinajstić information content (AvgIpc) is 3.04. The van der Waals surface area contributed by atoms with Crippen LogP contribution >= 0.6 is 12.4 Å². The first-order valence-corrected chi connectivity index (χ1v) is 9.76. The van der Waals surface area contributed by atoms with Gasteiger partial charge in [0.05, 0.1) is 11.7 Å². The summed E-state index contributed by atoms with van der Waals surface area (Å²) in [7, 11) is 0. The minimum Gasteiger partial charge on any atom is -0.350 e. The Hall–Kier alpha value is -1.99. The van der Waals surface area contributed by atoms with Crippen LogP contribution in [0.15, 0.2) is 24.3 Å². The molecular formula is C20H27ClFN5O. The number of hydrogen-bond donors (Lipinski definition) is 2. The lowest BCUT2D eigenvalue weighted by atomic mass is 9.64. The molecule has 0 bridgehead atoms. The third-order valence-electron chi connectivity index (χ3n) is 6.15. The number of benzene rings is 1. The van der Waals surface area contributed by atoms with E-state index in [9.17, 15) is 9.18 Å². The molecule has 28 heavy (non-hydrogen) atoms. The Balaban J connectivity index is 0.00000225. The van der Waals surface area contributed by atoms with Crippen molar-refractivity contribution in [2.45, 2.75) is 50.5 Å². The summed E-state index contributed by atoms with van der Waals surface area (Å²) in [5.41, 5.74) is 2.22. The molecule has 2 aliphatic rings. The number of hydrogen-bond acceptors (Lipinski definition) is 4. The summed E-state index contributed by atoms with van der Waals surface area (Å²) in [4.78, 5) is 12.7. The predicted molar refractivity (Wildman–Crippen MR) is 107 cm³/mol. The standard InChI is InChI=1S/C20H26FN5O.ClH/c1-14-18(24-25-26(14)17-7-11-22-12-8-17)19(27)23-13-20(9-2-10-20)15-3-5-16(21)6-4-15;/h3-6,17,22H,2,7-13H2,1H3,(H,23,27);1H. The van der Waals surface area contributed by atoms with Crippen molar-refractivity contribution in [1.82, 2.24) is 25.6 Å². The van der Waals surface area contributed by atoms with E-state index in [1.165, 1.54) is 12.1 Å². The fourth-order valence-electron chi connectivity index (χ4n) is 4.26. The van der Waals surface area contributed by atoms with E-state index in [-0.39, 0.29) is 29.5 Å². The Kier molecular flexibility index (Phi) is 6.35. The number of carbonyl (C=O) groups is 1. The predicted octanol–water partition coefficient (Wildman–Crippen LogP) is 2.92. The van der Waals surface area contributed by atoms with E-state index in [0.717, 1.165) is 56.5 Å². The topological polar surface area (TPSA) is 71.8 Å². The van der Waals surface area contributed by atoms with E-state index in [4.69, 9.17) is 0 Å². The van der Waals surface area contributed by atoms with Gasteiger partial charge in [-0.25, -0.2) is 9.07 Å². The lowest BCUT2D eigenvalue weighted by Crippen LogP contribution is -2.45. The number of amides is 1. The molecular weight excluding hydrogens is 381 g/mol. The fourth-order valence-corrected chi connectivity index (χ4v) is 4.26. The molecule has 1 saturated heterocycles. The van der Waals surface area contributed by atoms with E-state index in [2.05, 4.69) is 20.9 Å². The van der Waals surface area contributed by atoms with E-state index < -0.39 is 0 Å². The van der Waals surface area contributed by atoms with E-state index >= 15 is 0 Å². The van der Waals surface area contributed by atoms with Crippen molar-refractivity contribution in [3.63, 3.8) is 0 Å². The van der Waals surface area contributed by atoms with Gasteiger partial charge in [0.25, 0.3) is 5.91 Å². The van der Waals surface area contributed by atoms with Crippen molar-refractivity contribution in [1.29, 1.82) is 0 Å². The lowest BCUT2D eigenvalue weighted by molar-refractivity contribution is 0.0922. The van der Waals surface area contributed by atoms with Gasteiger partial charge in [0.2, 0.25) is 0 Å². The van der Waals surface area contributed by atoms with Gasteiger partial charge in [-0.1, -0.05) is 23.8 Å². The highest BCUT2D eigenvalue weighted by atomic mass is 35.5. The van der Waals surface area contributed by atoms with Crippen molar-refractivity contribution >= 4 is 18.3 Å². The third kappa shape index (κ3) is 3.91. The molecule has 1 saturated carbocycles. The highest BCUT2D eigenvalue weighted by molar-refractivity contribution is 5.93. The molecule has 8 heteroatoms. The van der Waals surface area contributed by atoms with Crippen LogP contribution < -0.4 is 10.6 Å². The van der Waals surface area contributed by atoms with Gasteiger partial charge in [-0.2, -0.15) is 0 Å². The van der Waals surface area contributed by atoms with Crippen molar-refractivity contribution < 1.29 is 9.18 Å². The van der Waals surface area contributed by atoms with Gasteiger partial charge >= 0.3 is 0 Å². The van der Waals surface area contributed by atoms with Crippen LogP contribution in [0.4, 0.5) is 4.39 Å². The Morgan fingerprint density at radius 2 is 1.96 bits per heavy atom. The second kappa shape index (κ2) is 8.57. The smallest absolute Gasteiger partial charge is 0.273 e. The molecule has 1 aromatic carbocycles. The Morgan fingerprint density at radius 1 is 1.29 bits per heavy atom. The van der Waals surface area contributed by atoms with Crippen molar-refractivity contribution in [3.05, 3.63) is 47.0 Å². The molecule has 0 atom stereocenters. The van der Waals surface area contributed by atoms with E-state index in [1.54, 1.807) is 0 Å². The largest absolute Gasteiger partial charge is 0.350 e. The monoisotopic (exact) mass is 407 g/mol. The summed E-state index contributed by atoms with van der Waals surface area (Å²) in [5, 5.41) is 14.8. The molecule has 2 heterocycles. The van der Waals surface area contributed by atoms with Gasteiger partial charge in [0, 0.05) is 12.0 Å². The Labute approximate surface area is 170 Å². The third-order valence-corrected chi connectivity index (χ3v) is 6.15. The molecule has 0 unspecified atom stereocenters. The van der Waals surface area contributed by atoms with Crippen molar-refractivity contribution in [3.8, 4) is 0 Å². The van der Waals surface area contributed by atoms with Gasteiger partial charge in [-0.05, 0) is 63.4 Å². The van der Waals surface area contributed by atoms with E-state index in [1.807, 2.05) is 23.7 Å². The average molecular weight is 408 g/mol.